The zero-order chi connectivity index (χ0) is 10.3. The molecule has 0 amide bonds. The van der Waals surface area contributed by atoms with E-state index in [1.165, 1.54) is 0 Å². The van der Waals surface area contributed by atoms with Crippen molar-refractivity contribution in [3.8, 4) is 37.0 Å². The Balaban J connectivity index is 4.52. The van der Waals surface area contributed by atoms with Crippen LogP contribution in [0.15, 0.2) is 0 Å². The lowest BCUT2D eigenvalue weighted by Gasteiger charge is -2.29. The average molecular weight is 175 g/mol. The minimum absolute atomic E-state index is 0.125. The number of rotatable bonds is 4. The van der Waals surface area contributed by atoms with Crippen LogP contribution in [0, 0.1) is 37.0 Å². The highest BCUT2D eigenvalue weighted by molar-refractivity contribution is 5.09. The Morgan fingerprint density at radius 2 is 1.62 bits per heavy atom. The van der Waals surface area contributed by atoms with Gasteiger partial charge < -0.3 is 10.8 Å². The van der Waals surface area contributed by atoms with E-state index in [-0.39, 0.29) is 19.3 Å². The zero-order valence-electron chi connectivity index (χ0n) is 7.46. The normalized spacial score (nSPS) is 12.2. The van der Waals surface area contributed by atoms with Crippen molar-refractivity contribution < 1.29 is 5.11 Å². The maximum atomic E-state index is 9.91. The van der Waals surface area contributed by atoms with Crippen LogP contribution in [-0.4, -0.2) is 16.7 Å². The van der Waals surface area contributed by atoms with Crippen LogP contribution in [-0.2, 0) is 0 Å². The fourth-order valence-electron chi connectivity index (χ4n) is 0.995. The molecule has 0 aliphatic carbocycles. The van der Waals surface area contributed by atoms with E-state index in [9.17, 15) is 5.11 Å². The van der Waals surface area contributed by atoms with Crippen LogP contribution < -0.4 is 5.73 Å². The van der Waals surface area contributed by atoms with Crippen molar-refractivity contribution in [3.05, 3.63) is 0 Å². The molecule has 0 bridgehead atoms. The van der Waals surface area contributed by atoms with Crippen molar-refractivity contribution >= 4 is 0 Å². The van der Waals surface area contributed by atoms with Crippen LogP contribution >= 0.6 is 0 Å². The van der Waals surface area contributed by atoms with E-state index in [0.717, 1.165) is 0 Å². The molecule has 0 saturated heterocycles. The minimum Gasteiger partial charge on any atom is -0.386 e. The van der Waals surface area contributed by atoms with Gasteiger partial charge in [0.1, 0.15) is 5.60 Å². The van der Waals surface area contributed by atoms with Crippen molar-refractivity contribution in [2.75, 3.05) is 0 Å². The fraction of sp³-hybridized carbons (Fsp3) is 0.455. The molecule has 2 nitrogen and oxygen atoms in total. The molecule has 0 aliphatic heterocycles. The molecule has 1 atom stereocenters. The lowest BCUT2D eigenvalue weighted by Crippen LogP contribution is -2.47. The Hall–Kier alpha value is -1.40. The molecule has 1 unspecified atom stereocenters. The molecular formula is C11H13NO. The van der Waals surface area contributed by atoms with Gasteiger partial charge in [0, 0.05) is 25.3 Å². The Kier molecular flexibility index (Phi) is 4.71. The van der Waals surface area contributed by atoms with Gasteiger partial charge in [0.15, 0.2) is 0 Å². The topological polar surface area (TPSA) is 46.2 Å². The van der Waals surface area contributed by atoms with Gasteiger partial charge in [-0.25, -0.2) is 0 Å². The second kappa shape index (κ2) is 5.28. The summed E-state index contributed by atoms with van der Waals surface area (Å²) in [6, 6.07) is -0.565. The summed E-state index contributed by atoms with van der Waals surface area (Å²) in [5.74, 6) is 7.04. The van der Waals surface area contributed by atoms with Crippen molar-refractivity contribution in [2.24, 2.45) is 5.73 Å². The highest BCUT2D eigenvalue weighted by Gasteiger charge is 2.32. The fourth-order valence-corrected chi connectivity index (χ4v) is 0.995. The summed E-state index contributed by atoms with van der Waals surface area (Å²) in [5, 5.41) is 9.91. The Labute approximate surface area is 79.5 Å². The summed E-state index contributed by atoms with van der Waals surface area (Å²) in [6.45, 7) is 0. The highest BCUT2D eigenvalue weighted by atomic mass is 16.3. The van der Waals surface area contributed by atoms with E-state index in [1.807, 2.05) is 0 Å². The average Bonchev–Trinajstić information content (AvgIpc) is 2.05. The number of aliphatic hydroxyl groups is 1. The maximum Gasteiger partial charge on any atom is 0.102 e. The summed E-state index contributed by atoms with van der Waals surface area (Å²) in [6.07, 6.45) is 15.8. The van der Waals surface area contributed by atoms with Crippen molar-refractivity contribution in [2.45, 2.75) is 30.9 Å². The second-order valence-corrected chi connectivity index (χ2v) is 2.88. The predicted octanol–water partition coefficient (Wildman–Crippen LogP) is 0.115. The highest BCUT2D eigenvalue weighted by Crippen LogP contribution is 2.19. The lowest BCUT2D eigenvalue weighted by atomic mass is 9.86. The van der Waals surface area contributed by atoms with E-state index in [2.05, 4.69) is 17.8 Å². The number of hydrogen-bond donors (Lipinski definition) is 2. The molecule has 0 saturated carbocycles. The van der Waals surface area contributed by atoms with Crippen LogP contribution in [0.5, 0.6) is 0 Å². The number of hydrogen-bond acceptors (Lipinski definition) is 2. The molecule has 68 valence electrons. The Morgan fingerprint density at radius 1 is 1.15 bits per heavy atom. The first-order valence-corrected chi connectivity index (χ1v) is 3.89. The van der Waals surface area contributed by atoms with Gasteiger partial charge in [0.25, 0.3) is 0 Å². The predicted molar refractivity (Wildman–Crippen MR) is 53.3 cm³/mol. The molecule has 0 spiro atoms. The first-order valence-electron chi connectivity index (χ1n) is 3.89. The van der Waals surface area contributed by atoms with E-state index in [1.54, 1.807) is 0 Å². The largest absolute Gasteiger partial charge is 0.386 e. The van der Waals surface area contributed by atoms with Gasteiger partial charge in [-0.15, -0.1) is 37.0 Å². The molecule has 13 heavy (non-hydrogen) atoms. The van der Waals surface area contributed by atoms with Gasteiger partial charge in [0.05, 0.1) is 0 Å². The third kappa shape index (κ3) is 3.22. The third-order valence-electron chi connectivity index (χ3n) is 1.84. The summed E-state index contributed by atoms with van der Waals surface area (Å²) in [4.78, 5) is 0. The molecule has 0 radical (unpaired) electrons. The first-order chi connectivity index (χ1) is 6.10. The molecule has 0 aliphatic rings. The van der Waals surface area contributed by atoms with Crippen molar-refractivity contribution in [1.82, 2.24) is 0 Å². The molecule has 0 rings (SSSR count). The van der Waals surface area contributed by atoms with E-state index in [4.69, 9.17) is 25.0 Å². The Morgan fingerprint density at radius 3 is 1.92 bits per heavy atom. The number of nitrogens with two attached hydrogens (primary N) is 1. The van der Waals surface area contributed by atoms with Crippen LogP contribution in [0.3, 0.4) is 0 Å². The van der Waals surface area contributed by atoms with Gasteiger partial charge in [0.2, 0.25) is 0 Å². The van der Waals surface area contributed by atoms with Crippen LogP contribution in [0.25, 0.3) is 0 Å². The molecule has 3 N–H and O–H groups in total. The standard InChI is InChI=1S/C11H13NO/c1-4-7-10(12)11(13,8-5-2)9-6-3/h1-3,10,13H,7-9,12H2. The molecule has 0 fully saturated rings. The molecular weight excluding hydrogens is 162 g/mol. The lowest BCUT2D eigenvalue weighted by molar-refractivity contribution is 0.0253. The third-order valence-corrected chi connectivity index (χ3v) is 1.84. The van der Waals surface area contributed by atoms with Crippen molar-refractivity contribution in [3.63, 3.8) is 0 Å². The SMILES string of the molecule is C#CCC(N)C(O)(CC#C)CC#C. The minimum atomic E-state index is -1.23. The Bertz CT molecular complexity index is 258. The molecule has 0 aromatic carbocycles. The van der Waals surface area contributed by atoms with Gasteiger partial charge in [-0.3, -0.25) is 0 Å². The zero-order valence-corrected chi connectivity index (χ0v) is 7.46. The van der Waals surface area contributed by atoms with Gasteiger partial charge >= 0.3 is 0 Å². The summed E-state index contributed by atoms with van der Waals surface area (Å²) >= 11 is 0. The van der Waals surface area contributed by atoms with E-state index in [0.29, 0.717) is 0 Å². The maximum absolute atomic E-state index is 9.91. The van der Waals surface area contributed by atoms with Gasteiger partial charge in [-0.05, 0) is 0 Å². The number of terminal acetylenes is 3. The molecule has 0 heterocycles. The van der Waals surface area contributed by atoms with Crippen molar-refractivity contribution in [1.29, 1.82) is 0 Å². The molecule has 0 aromatic heterocycles. The molecule has 0 aromatic rings. The molecule has 2 heteroatoms. The van der Waals surface area contributed by atoms with Crippen LogP contribution in [0.2, 0.25) is 0 Å². The van der Waals surface area contributed by atoms with Gasteiger partial charge in [-0.2, -0.15) is 0 Å². The smallest absolute Gasteiger partial charge is 0.102 e. The summed E-state index contributed by atoms with van der Waals surface area (Å²) in [7, 11) is 0. The monoisotopic (exact) mass is 175 g/mol. The van der Waals surface area contributed by atoms with Crippen LogP contribution in [0.1, 0.15) is 19.3 Å². The summed E-state index contributed by atoms with van der Waals surface area (Å²) in [5.41, 5.74) is 4.42. The van der Waals surface area contributed by atoms with E-state index >= 15 is 0 Å². The summed E-state index contributed by atoms with van der Waals surface area (Å²) < 4.78 is 0. The quantitative estimate of drug-likeness (QED) is 0.596. The van der Waals surface area contributed by atoms with Gasteiger partial charge in [-0.1, -0.05) is 0 Å². The first kappa shape index (κ1) is 11.6. The van der Waals surface area contributed by atoms with Crippen LogP contribution in [0.4, 0.5) is 0 Å². The second-order valence-electron chi connectivity index (χ2n) is 2.88. The van der Waals surface area contributed by atoms with E-state index < -0.39 is 11.6 Å².